The van der Waals surface area contributed by atoms with Gasteiger partial charge in [-0.05, 0) is 30.7 Å². The molecular weight excluding hydrogens is 271 g/mol. The number of amides is 1. The second-order valence-corrected chi connectivity index (χ2v) is 4.32. The molecule has 1 aromatic heterocycles. The van der Waals surface area contributed by atoms with Crippen LogP contribution in [0.5, 0.6) is 0 Å². The van der Waals surface area contributed by atoms with Gasteiger partial charge in [0.05, 0.1) is 5.56 Å². The molecule has 0 saturated heterocycles. The highest BCUT2D eigenvalue weighted by molar-refractivity contribution is 6.05. The van der Waals surface area contributed by atoms with Crippen molar-refractivity contribution in [1.29, 1.82) is 0 Å². The minimum absolute atomic E-state index is 0.203. The number of hydrogen-bond donors (Lipinski definition) is 1. The highest BCUT2D eigenvalue weighted by atomic mass is 19.3. The van der Waals surface area contributed by atoms with Crippen molar-refractivity contribution >= 4 is 11.6 Å². The number of anilines is 1. The van der Waals surface area contributed by atoms with Crippen LogP contribution >= 0.6 is 0 Å². The summed E-state index contributed by atoms with van der Waals surface area (Å²) in [6.45, 7) is 1.61. The zero-order valence-corrected chi connectivity index (χ0v) is 10.8. The molecule has 7 heteroatoms. The molecule has 0 atom stereocenters. The van der Waals surface area contributed by atoms with Crippen LogP contribution in [0.15, 0.2) is 24.4 Å². The number of aromatic nitrogens is 2. The average Bonchev–Trinajstić information content (AvgIpc) is 2.75. The van der Waals surface area contributed by atoms with Gasteiger partial charge in [-0.25, -0.2) is 13.2 Å². The number of nitrogens with zero attached hydrogens (tertiary/aromatic N) is 2. The Morgan fingerprint density at radius 1 is 1.40 bits per heavy atom. The van der Waals surface area contributed by atoms with Crippen LogP contribution in [0.4, 0.5) is 18.9 Å². The smallest absolute Gasteiger partial charge is 0.282 e. The molecule has 0 aliphatic heterocycles. The third kappa shape index (κ3) is 2.81. The number of carbonyl (C=O) groups excluding carboxylic acids is 1. The van der Waals surface area contributed by atoms with Crippen LogP contribution in [0.2, 0.25) is 0 Å². The van der Waals surface area contributed by atoms with Crippen LogP contribution in [-0.4, -0.2) is 15.7 Å². The molecule has 0 bridgehead atoms. The van der Waals surface area contributed by atoms with Crippen molar-refractivity contribution < 1.29 is 18.0 Å². The molecule has 0 radical (unpaired) electrons. The molecule has 1 N–H and O–H groups in total. The molecule has 1 aromatic carbocycles. The molecule has 4 nitrogen and oxygen atoms in total. The summed E-state index contributed by atoms with van der Waals surface area (Å²) in [7, 11) is 1.45. The first-order valence-electron chi connectivity index (χ1n) is 5.77. The predicted octanol–water partition coefficient (Wildman–Crippen LogP) is 3.06. The third-order valence-electron chi connectivity index (χ3n) is 2.75. The van der Waals surface area contributed by atoms with Crippen LogP contribution in [0, 0.1) is 12.7 Å². The van der Waals surface area contributed by atoms with E-state index in [4.69, 9.17) is 0 Å². The van der Waals surface area contributed by atoms with Gasteiger partial charge in [-0.1, -0.05) is 0 Å². The average molecular weight is 283 g/mol. The van der Waals surface area contributed by atoms with Crippen molar-refractivity contribution in [3.8, 4) is 0 Å². The normalized spacial score (nSPS) is 10.9. The number of carbonyl (C=O) groups is 1. The Kier molecular flexibility index (Phi) is 3.78. The van der Waals surface area contributed by atoms with E-state index in [0.29, 0.717) is 11.3 Å². The summed E-state index contributed by atoms with van der Waals surface area (Å²) in [6.07, 6.45) is -1.62. The Balaban J connectivity index is 2.28. The first-order chi connectivity index (χ1) is 9.38. The van der Waals surface area contributed by atoms with Crippen LogP contribution in [0.3, 0.4) is 0 Å². The van der Waals surface area contributed by atoms with Crippen LogP contribution in [0.25, 0.3) is 0 Å². The van der Waals surface area contributed by atoms with Crippen LogP contribution in [-0.2, 0) is 7.05 Å². The molecule has 0 fully saturated rings. The van der Waals surface area contributed by atoms with Gasteiger partial charge in [-0.2, -0.15) is 5.10 Å². The molecule has 106 valence electrons. The van der Waals surface area contributed by atoms with Crippen molar-refractivity contribution in [2.24, 2.45) is 7.05 Å². The van der Waals surface area contributed by atoms with Gasteiger partial charge in [0.2, 0.25) is 0 Å². The van der Waals surface area contributed by atoms with E-state index in [-0.39, 0.29) is 5.56 Å². The summed E-state index contributed by atoms with van der Waals surface area (Å²) in [4.78, 5) is 12.0. The lowest BCUT2D eigenvalue weighted by atomic mass is 10.1. The van der Waals surface area contributed by atoms with E-state index in [0.717, 1.165) is 4.68 Å². The topological polar surface area (TPSA) is 46.9 Å². The lowest BCUT2D eigenvalue weighted by Crippen LogP contribution is -2.14. The number of nitrogens with one attached hydrogen (secondary N) is 1. The van der Waals surface area contributed by atoms with Gasteiger partial charge in [0.15, 0.2) is 0 Å². The lowest BCUT2D eigenvalue weighted by Gasteiger charge is -2.08. The third-order valence-corrected chi connectivity index (χ3v) is 2.75. The largest absolute Gasteiger partial charge is 0.322 e. The predicted molar refractivity (Wildman–Crippen MR) is 67.3 cm³/mol. The molecule has 2 rings (SSSR count). The zero-order valence-electron chi connectivity index (χ0n) is 10.8. The van der Waals surface area contributed by atoms with Crippen LogP contribution in [0.1, 0.15) is 28.0 Å². The number of alkyl halides is 2. The van der Waals surface area contributed by atoms with Gasteiger partial charge >= 0.3 is 0 Å². The van der Waals surface area contributed by atoms with Crippen LogP contribution < -0.4 is 5.32 Å². The molecule has 0 spiro atoms. The molecule has 0 saturated carbocycles. The molecule has 20 heavy (non-hydrogen) atoms. The van der Waals surface area contributed by atoms with E-state index >= 15 is 0 Å². The van der Waals surface area contributed by atoms with Gasteiger partial charge in [-0.15, -0.1) is 0 Å². The number of aryl methyl sites for hydroxylation is 2. The van der Waals surface area contributed by atoms with E-state index in [1.165, 1.54) is 31.4 Å². The second-order valence-electron chi connectivity index (χ2n) is 4.32. The van der Waals surface area contributed by atoms with Gasteiger partial charge < -0.3 is 5.32 Å². The van der Waals surface area contributed by atoms with Crippen molar-refractivity contribution in [3.63, 3.8) is 0 Å². The summed E-state index contributed by atoms with van der Waals surface area (Å²) in [5.74, 6) is -1.14. The summed E-state index contributed by atoms with van der Waals surface area (Å²) < 4.78 is 39.6. The molecule has 0 aliphatic carbocycles. The van der Waals surface area contributed by atoms with Gasteiger partial charge in [0.1, 0.15) is 11.5 Å². The first kappa shape index (κ1) is 14.1. The Bertz CT molecular complexity index is 652. The van der Waals surface area contributed by atoms with Gasteiger partial charge in [-0.3, -0.25) is 9.48 Å². The second kappa shape index (κ2) is 5.36. The van der Waals surface area contributed by atoms with E-state index < -0.39 is 23.8 Å². The maximum absolute atomic E-state index is 13.0. The van der Waals surface area contributed by atoms with Crippen molar-refractivity contribution in [2.45, 2.75) is 13.3 Å². The van der Waals surface area contributed by atoms with Crippen molar-refractivity contribution in [1.82, 2.24) is 9.78 Å². The Hall–Kier alpha value is -2.31. The highest BCUT2D eigenvalue weighted by Gasteiger charge is 2.22. The minimum atomic E-state index is -2.84. The van der Waals surface area contributed by atoms with E-state index in [1.807, 2.05) is 0 Å². The van der Waals surface area contributed by atoms with Gasteiger partial charge in [0, 0.05) is 18.9 Å². The number of halogens is 3. The number of hydrogen-bond acceptors (Lipinski definition) is 2. The fourth-order valence-electron chi connectivity index (χ4n) is 1.80. The number of benzene rings is 1. The quantitative estimate of drug-likeness (QED) is 0.941. The van der Waals surface area contributed by atoms with Gasteiger partial charge in [0.25, 0.3) is 12.3 Å². The number of rotatable bonds is 3. The fraction of sp³-hybridized carbons (Fsp3) is 0.231. The van der Waals surface area contributed by atoms with E-state index in [1.54, 1.807) is 6.92 Å². The zero-order chi connectivity index (χ0) is 14.9. The molecule has 0 unspecified atom stereocenters. The fourth-order valence-corrected chi connectivity index (χ4v) is 1.80. The van der Waals surface area contributed by atoms with E-state index in [2.05, 4.69) is 10.4 Å². The SMILES string of the molecule is Cc1cc(F)ccc1NC(=O)c1cn(C)nc1C(F)F. The Labute approximate surface area is 113 Å². The Morgan fingerprint density at radius 3 is 2.70 bits per heavy atom. The molecule has 1 heterocycles. The first-order valence-corrected chi connectivity index (χ1v) is 5.77. The van der Waals surface area contributed by atoms with E-state index in [9.17, 15) is 18.0 Å². The maximum Gasteiger partial charge on any atom is 0.282 e. The summed E-state index contributed by atoms with van der Waals surface area (Å²) >= 11 is 0. The van der Waals surface area contributed by atoms with Crippen molar-refractivity contribution in [3.05, 3.63) is 47.0 Å². The molecule has 0 aliphatic rings. The molecular formula is C13H12F3N3O. The minimum Gasteiger partial charge on any atom is -0.322 e. The summed E-state index contributed by atoms with van der Waals surface area (Å²) in [6, 6.07) is 3.80. The summed E-state index contributed by atoms with van der Waals surface area (Å²) in [5, 5.41) is 6.03. The lowest BCUT2D eigenvalue weighted by molar-refractivity contribution is 0.101. The highest BCUT2D eigenvalue weighted by Crippen LogP contribution is 2.23. The summed E-state index contributed by atoms with van der Waals surface area (Å²) in [5.41, 5.74) is 0.0808. The maximum atomic E-state index is 13.0. The van der Waals surface area contributed by atoms with Crippen molar-refractivity contribution in [2.75, 3.05) is 5.32 Å². The standard InChI is InChI=1S/C13H12F3N3O/c1-7-5-8(14)3-4-10(7)17-13(20)9-6-19(2)18-11(9)12(15)16/h3-6,12H,1-2H3,(H,17,20). The Morgan fingerprint density at radius 2 is 2.10 bits per heavy atom. The molecule has 2 aromatic rings. The monoisotopic (exact) mass is 283 g/mol. The molecule has 1 amide bonds.